The van der Waals surface area contributed by atoms with Gasteiger partial charge in [0, 0.05) is 11.1 Å². The molecule has 0 radical (unpaired) electrons. The third-order valence-electron chi connectivity index (χ3n) is 2.18. The van der Waals surface area contributed by atoms with E-state index in [2.05, 4.69) is 6.58 Å². The zero-order chi connectivity index (χ0) is 11.6. The molecule has 5 nitrogen and oxygen atoms in total. The molecule has 0 saturated carbocycles. The molecule has 0 saturated heterocycles. The van der Waals surface area contributed by atoms with Crippen molar-refractivity contribution in [3.63, 3.8) is 0 Å². The molecule has 6 heteroatoms. The van der Waals surface area contributed by atoms with Gasteiger partial charge in [0.05, 0.1) is 11.0 Å². The normalized spacial score (nSPS) is 11.4. The van der Waals surface area contributed by atoms with E-state index < -0.39 is 11.0 Å². The summed E-state index contributed by atoms with van der Waals surface area (Å²) in [5.74, 6) is -0.382. The topological polar surface area (TPSA) is 89.4 Å². The van der Waals surface area contributed by atoms with Crippen LogP contribution in [0.2, 0.25) is 0 Å². The van der Waals surface area contributed by atoms with Crippen LogP contribution in [0.5, 0.6) is 5.75 Å². The molecule has 3 N–H and O–H groups in total. The van der Waals surface area contributed by atoms with E-state index in [-0.39, 0.29) is 23.8 Å². The van der Waals surface area contributed by atoms with Crippen molar-refractivity contribution in [1.82, 2.24) is 0 Å². The molecule has 0 aliphatic rings. The molecule has 88 valence electrons. The standard InChI is InChI=1S/C10H12N2O3.ClH/c1-3-8(11)7-5-4-6(2)9(10(7)13)12(14)15;/h3-5,8,13H,1,11H2,2H3;1H/t8-;/m0./s1. The lowest BCUT2D eigenvalue weighted by Crippen LogP contribution is -2.08. The Hall–Kier alpha value is -1.59. The quantitative estimate of drug-likeness (QED) is 0.485. The van der Waals surface area contributed by atoms with Gasteiger partial charge in [-0.1, -0.05) is 18.2 Å². The third-order valence-corrected chi connectivity index (χ3v) is 2.18. The lowest BCUT2D eigenvalue weighted by molar-refractivity contribution is -0.386. The molecule has 0 bridgehead atoms. The summed E-state index contributed by atoms with van der Waals surface area (Å²) in [4.78, 5) is 10.1. The molecule has 0 heterocycles. The Morgan fingerprint density at radius 3 is 2.62 bits per heavy atom. The molecular weight excluding hydrogens is 232 g/mol. The number of nitro benzene ring substituents is 1. The van der Waals surface area contributed by atoms with Gasteiger partial charge in [0.25, 0.3) is 0 Å². The first kappa shape index (κ1) is 14.4. The first-order valence-corrected chi connectivity index (χ1v) is 4.34. The van der Waals surface area contributed by atoms with Crippen molar-refractivity contribution in [2.75, 3.05) is 0 Å². The van der Waals surface area contributed by atoms with Gasteiger partial charge in [-0.2, -0.15) is 0 Å². The smallest absolute Gasteiger partial charge is 0.313 e. The van der Waals surface area contributed by atoms with Gasteiger partial charge < -0.3 is 10.8 Å². The summed E-state index contributed by atoms with van der Waals surface area (Å²) >= 11 is 0. The van der Waals surface area contributed by atoms with Crippen molar-refractivity contribution < 1.29 is 10.0 Å². The molecular formula is C10H13ClN2O3. The molecule has 0 amide bonds. The van der Waals surface area contributed by atoms with E-state index in [1.807, 2.05) is 0 Å². The molecule has 1 aromatic rings. The highest BCUT2D eigenvalue weighted by molar-refractivity contribution is 5.85. The number of phenols is 1. The van der Waals surface area contributed by atoms with Gasteiger partial charge in [0.15, 0.2) is 5.75 Å². The fourth-order valence-electron chi connectivity index (χ4n) is 1.32. The third kappa shape index (κ3) is 2.50. The molecule has 1 atom stereocenters. The average molecular weight is 245 g/mol. The molecule has 0 aliphatic carbocycles. The van der Waals surface area contributed by atoms with Crippen LogP contribution in [0.3, 0.4) is 0 Å². The minimum Gasteiger partial charge on any atom is -0.502 e. The summed E-state index contributed by atoms with van der Waals surface area (Å²) < 4.78 is 0. The van der Waals surface area contributed by atoms with Gasteiger partial charge in [-0.25, -0.2) is 0 Å². The van der Waals surface area contributed by atoms with E-state index in [4.69, 9.17) is 5.73 Å². The SMILES string of the molecule is C=C[C@H](N)c1ccc(C)c([N+](=O)[O-])c1O.Cl. The van der Waals surface area contributed by atoms with Crippen molar-refractivity contribution in [2.24, 2.45) is 5.73 Å². The second kappa shape index (κ2) is 5.48. The van der Waals surface area contributed by atoms with Crippen molar-refractivity contribution in [1.29, 1.82) is 0 Å². The van der Waals surface area contributed by atoms with Crippen LogP contribution in [0.25, 0.3) is 0 Å². The Morgan fingerprint density at radius 1 is 1.62 bits per heavy atom. The maximum absolute atomic E-state index is 10.7. The highest BCUT2D eigenvalue weighted by atomic mass is 35.5. The van der Waals surface area contributed by atoms with Crippen LogP contribution in [0.15, 0.2) is 24.8 Å². The second-order valence-electron chi connectivity index (χ2n) is 3.19. The maximum Gasteiger partial charge on any atom is 0.313 e. The minimum atomic E-state index is -0.621. The maximum atomic E-state index is 10.7. The predicted octanol–water partition coefficient (Wildman–Crippen LogP) is 2.22. The molecule has 0 fully saturated rings. The van der Waals surface area contributed by atoms with Crippen LogP contribution >= 0.6 is 12.4 Å². The average Bonchev–Trinajstić information content (AvgIpc) is 2.16. The Bertz CT molecular complexity index is 421. The van der Waals surface area contributed by atoms with E-state index in [0.29, 0.717) is 11.1 Å². The zero-order valence-electron chi connectivity index (χ0n) is 8.71. The second-order valence-corrected chi connectivity index (χ2v) is 3.19. The largest absolute Gasteiger partial charge is 0.502 e. The number of aryl methyl sites for hydroxylation is 1. The number of rotatable bonds is 3. The molecule has 0 unspecified atom stereocenters. The van der Waals surface area contributed by atoms with Crippen LogP contribution < -0.4 is 5.73 Å². The van der Waals surface area contributed by atoms with Gasteiger partial charge in [-0.05, 0) is 6.92 Å². The Kier molecular flexibility index (Phi) is 4.94. The zero-order valence-corrected chi connectivity index (χ0v) is 9.53. The first-order chi connectivity index (χ1) is 6.99. The summed E-state index contributed by atoms with van der Waals surface area (Å²) in [5.41, 5.74) is 6.02. The molecule has 0 aliphatic heterocycles. The highest BCUT2D eigenvalue weighted by Crippen LogP contribution is 2.35. The number of phenolic OH excluding ortho intramolecular Hbond substituents is 1. The van der Waals surface area contributed by atoms with E-state index in [9.17, 15) is 15.2 Å². The number of hydrogen-bond acceptors (Lipinski definition) is 4. The van der Waals surface area contributed by atoms with E-state index in [0.717, 1.165) is 0 Å². The van der Waals surface area contributed by atoms with Gasteiger partial charge in [0.2, 0.25) is 0 Å². The van der Waals surface area contributed by atoms with E-state index in [1.165, 1.54) is 6.08 Å². The van der Waals surface area contributed by atoms with Gasteiger partial charge in [-0.15, -0.1) is 19.0 Å². The first-order valence-electron chi connectivity index (χ1n) is 4.34. The van der Waals surface area contributed by atoms with E-state index >= 15 is 0 Å². The predicted molar refractivity (Wildman–Crippen MR) is 63.9 cm³/mol. The number of hydrogen-bond donors (Lipinski definition) is 2. The van der Waals surface area contributed by atoms with Crippen molar-refractivity contribution in [3.8, 4) is 5.75 Å². The number of nitro groups is 1. The van der Waals surface area contributed by atoms with Crippen molar-refractivity contribution in [3.05, 3.63) is 46.0 Å². The molecule has 0 spiro atoms. The van der Waals surface area contributed by atoms with Gasteiger partial charge in [-0.3, -0.25) is 10.1 Å². The molecule has 0 aromatic heterocycles. The highest BCUT2D eigenvalue weighted by Gasteiger charge is 2.22. The summed E-state index contributed by atoms with van der Waals surface area (Å²) in [5, 5.41) is 20.4. The van der Waals surface area contributed by atoms with E-state index in [1.54, 1.807) is 19.1 Å². The molecule has 16 heavy (non-hydrogen) atoms. The lowest BCUT2D eigenvalue weighted by Gasteiger charge is -2.10. The number of nitrogens with two attached hydrogens (primary N) is 1. The number of halogens is 1. The fraction of sp³-hybridized carbons (Fsp3) is 0.200. The Labute approximate surface area is 99.1 Å². The van der Waals surface area contributed by atoms with Crippen molar-refractivity contribution >= 4 is 18.1 Å². The fourth-order valence-corrected chi connectivity index (χ4v) is 1.32. The van der Waals surface area contributed by atoms with Crippen LogP contribution in [0.4, 0.5) is 5.69 Å². The lowest BCUT2D eigenvalue weighted by atomic mass is 10.0. The Balaban J connectivity index is 0.00000225. The number of benzene rings is 1. The van der Waals surface area contributed by atoms with Crippen molar-refractivity contribution in [2.45, 2.75) is 13.0 Å². The Morgan fingerprint density at radius 2 is 2.19 bits per heavy atom. The summed E-state index contributed by atoms with van der Waals surface area (Å²) in [6.07, 6.45) is 1.41. The van der Waals surface area contributed by atoms with Crippen LogP contribution in [-0.4, -0.2) is 10.0 Å². The van der Waals surface area contributed by atoms with Crippen LogP contribution in [0.1, 0.15) is 17.2 Å². The molecule has 1 rings (SSSR count). The minimum absolute atomic E-state index is 0. The summed E-state index contributed by atoms with van der Waals surface area (Å²) in [6, 6.07) is 2.50. The van der Waals surface area contributed by atoms with Gasteiger partial charge >= 0.3 is 5.69 Å². The van der Waals surface area contributed by atoms with Crippen LogP contribution in [0, 0.1) is 17.0 Å². The van der Waals surface area contributed by atoms with Gasteiger partial charge in [0.1, 0.15) is 0 Å². The van der Waals surface area contributed by atoms with Crippen LogP contribution in [-0.2, 0) is 0 Å². The molecule has 1 aromatic carbocycles. The number of aromatic hydroxyl groups is 1. The monoisotopic (exact) mass is 244 g/mol. The summed E-state index contributed by atoms with van der Waals surface area (Å²) in [7, 11) is 0. The summed E-state index contributed by atoms with van der Waals surface area (Å²) in [6.45, 7) is 5.03. The number of nitrogens with zero attached hydrogens (tertiary/aromatic N) is 1.